The fourth-order valence-corrected chi connectivity index (χ4v) is 2.58. The van der Waals surface area contributed by atoms with Crippen molar-refractivity contribution in [1.82, 2.24) is 0 Å². The van der Waals surface area contributed by atoms with Crippen LogP contribution in [0.2, 0.25) is 0 Å². The number of hydrogen-bond acceptors (Lipinski definition) is 5. The maximum Gasteiger partial charge on any atom is 0.295 e. The lowest BCUT2D eigenvalue weighted by Gasteiger charge is -2.09. The Labute approximate surface area is 119 Å². The molecular formula is C13H13FN2O3S. The SMILES string of the molecule is COc1cc(NCc2ccc(C)s2)c([N+](=O)[O-])cc1F. The first-order chi connectivity index (χ1) is 9.51. The van der Waals surface area contributed by atoms with Crippen molar-refractivity contribution in [2.75, 3.05) is 12.4 Å². The third kappa shape index (κ3) is 3.05. The van der Waals surface area contributed by atoms with Gasteiger partial charge in [-0.05, 0) is 19.1 Å². The van der Waals surface area contributed by atoms with Crippen molar-refractivity contribution in [2.45, 2.75) is 13.5 Å². The first-order valence-electron chi connectivity index (χ1n) is 5.82. The molecule has 7 heteroatoms. The largest absolute Gasteiger partial charge is 0.494 e. The third-order valence-corrected chi connectivity index (χ3v) is 3.72. The van der Waals surface area contributed by atoms with Crippen LogP contribution in [-0.4, -0.2) is 12.0 Å². The van der Waals surface area contributed by atoms with Gasteiger partial charge in [0.15, 0.2) is 11.6 Å². The van der Waals surface area contributed by atoms with Gasteiger partial charge in [0, 0.05) is 22.4 Å². The molecule has 0 aliphatic heterocycles. The lowest BCUT2D eigenvalue weighted by molar-refractivity contribution is -0.384. The molecule has 106 valence electrons. The van der Waals surface area contributed by atoms with Crippen LogP contribution < -0.4 is 10.1 Å². The van der Waals surface area contributed by atoms with Crippen LogP contribution in [0.3, 0.4) is 0 Å². The molecule has 1 N–H and O–H groups in total. The number of hydrogen-bond donors (Lipinski definition) is 1. The number of rotatable bonds is 5. The summed E-state index contributed by atoms with van der Waals surface area (Å²) in [6.07, 6.45) is 0. The zero-order valence-electron chi connectivity index (χ0n) is 11.0. The van der Waals surface area contributed by atoms with Gasteiger partial charge in [0.1, 0.15) is 5.69 Å². The Balaban J connectivity index is 2.26. The van der Waals surface area contributed by atoms with E-state index in [9.17, 15) is 14.5 Å². The number of anilines is 1. The molecule has 0 saturated heterocycles. The molecule has 0 unspecified atom stereocenters. The van der Waals surface area contributed by atoms with Crippen LogP contribution in [0.25, 0.3) is 0 Å². The maximum atomic E-state index is 13.5. The van der Waals surface area contributed by atoms with Crippen LogP contribution in [-0.2, 0) is 6.54 Å². The van der Waals surface area contributed by atoms with Crippen molar-refractivity contribution in [1.29, 1.82) is 0 Å². The quantitative estimate of drug-likeness (QED) is 0.674. The van der Waals surface area contributed by atoms with Crippen LogP contribution in [0.4, 0.5) is 15.8 Å². The summed E-state index contributed by atoms with van der Waals surface area (Å²) in [6.45, 7) is 2.42. The van der Waals surface area contributed by atoms with Gasteiger partial charge in [-0.3, -0.25) is 10.1 Å². The molecule has 0 saturated carbocycles. The second-order valence-electron chi connectivity index (χ2n) is 4.13. The highest BCUT2D eigenvalue weighted by molar-refractivity contribution is 7.11. The van der Waals surface area contributed by atoms with Crippen LogP contribution >= 0.6 is 11.3 Å². The van der Waals surface area contributed by atoms with Crippen molar-refractivity contribution in [3.05, 3.63) is 50.0 Å². The van der Waals surface area contributed by atoms with Gasteiger partial charge in [-0.15, -0.1) is 11.3 Å². The molecule has 0 amide bonds. The van der Waals surface area contributed by atoms with E-state index in [2.05, 4.69) is 5.32 Å². The molecule has 0 radical (unpaired) electrons. The van der Waals surface area contributed by atoms with Crippen molar-refractivity contribution in [3.8, 4) is 5.75 Å². The molecule has 0 bridgehead atoms. The molecule has 1 aromatic heterocycles. The number of halogens is 1. The molecule has 5 nitrogen and oxygen atoms in total. The van der Waals surface area contributed by atoms with E-state index in [1.807, 2.05) is 19.1 Å². The number of nitrogens with zero attached hydrogens (tertiary/aromatic N) is 1. The van der Waals surface area contributed by atoms with Gasteiger partial charge in [0.2, 0.25) is 0 Å². The van der Waals surface area contributed by atoms with Crippen molar-refractivity contribution < 1.29 is 14.1 Å². The molecule has 0 aliphatic carbocycles. The van der Waals surface area contributed by atoms with Gasteiger partial charge in [-0.1, -0.05) is 0 Å². The van der Waals surface area contributed by atoms with E-state index in [0.29, 0.717) is 6.54 Å². The monoisotopic (exact) mass is 296 g/mol. The molecule has 0 aliphatic rings. The van der Waals surface area contributed by atoms with Crippen molar-refractivity contribution >= 4 is 22.7 Å². The van der Waals surface area contributed by atoms with Gasteiger partial charge < -0.3 is 10.1 Å². The van der Waals surface area contributed by atoms with E-state index >= 15 is 0 Å². The molecule has 0 atom stereocenters. The Hall–Kier alpha value is -2.15. The van der Waals surface area contributed by atoms with Gasteiger partial charge in [-0.2, -0.15) is 0 Å². The van der Waals surface area contributed by atoms with E-state index in [-0.39, 0.29) is 17.1 Å². The lowest BCUT2D eigenvalue weighted by atomic mass is 10.2. The molecule has 1 aromatic carbocycles. The van der Waals surface area contributed by atoms with Crippen molar-refractivity contribution in [2.24, 2.45) is 0 Å². The first kappa shape index (κ1) is 14.3. The summed E-state index contributed by atoms with van der Waals surface area (Å²) in [5, 5.41) is 13.9. The number of methoxy groups -OCH3 is 1. The number of thiophene rings is 1. The van der Waals surface area contributed by atoms with E-state index in [1.54, 1.807) is 11.3 Å². The Morgan fingerprint density at radius 1 is 1.45 bits per heavy atom. The van der Waals surface area contributed by atoms with Crippen LogP contribution in [0, 0.1) is 22.9 Å². The maximum absolute atomic E-state index is 13.5. The van der Waals surface area contributed by atoms with Gasteiger partial charge >= 0.3 is 0 Å². The predicted octanol–water partition coefficient (Wildman–Crippen LogP) is 3.72. The molecule has 2 rings (SSSR count). The number of aryl methyl sites for hydroxylation is 1. The van der Waals surface area contributed by atoms with Gasteiger partial charge in [-0.25, -0.2) is 4.39 Å². The summed E-state index contributed by atoms with van der Waals surface area (Å²) < 4.78 is 18.3. The van der Waals surface area contributed by atoms with E-state index in [0.717, 1.165) is 15.8 Å². The summed E-state index contributed by atoms with van der Waals surface area (Å²) in [4.78, 5) is 12.5. The third-order valence-electron chi connectivity index (χ3n) is 2.72. The Morgan fingerprint density at radius 2 is 2.20 bits per heavy atom. The number of nitro groups is 1. The molecule has 1 heterocycles. The van der Waals surface area contributed by atoms with Crippen LogP contribution in [0.1, 0.15) is 9.75 Å². The van der Waals surface area contributed by atoms with Crippen LogP contribution in [0.5, 0.6) is 5.75 Å². The second kappa shape index (κ2) is 5.87. The van der Waals surface area contributed by atoms with E-state index in [4.69, 9.17) is 4.74 Å². The van der Waals surface area contributed by atoms with E-state index < -0.39 is 10.7 Å². The zero-order chi connectivity index (χ0) is 14.7. The zero-order valence-corrected chi connectivity index (χ0v) is 11.8. The topological polar surface area (TPSA) is 64.4 Å². The Kier molecular flexibility index (Phi) is 4.19. The Morgan fingerprint density at radius 3 is 2.75 bits per heavy atom. The van der Waals surface area contributed by atoms with Crippen molar-refractivity contribution in [3.63, 3.8) is 0 Å². The smallest absolute Gasteiger partial charge is 0.295 e. The molecule has 0 fully saturated rings. The van der Waals surface area contributed by atoms with Gasteiger partial charge in [0.05, 0.1) is 18.1 Å². The average molecular weight is 296 g/mol. The number of nitrogens with one attached hydrogen (secondary N) is 1. The summed E-state index contributed by atoms with van der Waals surface area (Å²) in [6, 6.07) is 6.08. The predicted molar refractivity (Wildman–Crippen MR) is 76.0 cm³/mol. The summed E-state index contributed by atoms with van der Waals surface area (Å²) in [5.74, 6) is -0.780. The first-order valence-corrected chi connectivity index (χ1v) is 6.64. The fourth-order valence-electron chi connectivity index (χ4n) is 1.75. The highest BCUT2D eigenvalue weighted by Gasteiger charge is 2.18. The highest BCUT2D eigenvalue weighted by atomic mass is 32.1. The van der Waals surface area contributed by atoms with Crippen LogP contribution in [0.15, 0.2) is 24.3 Å². The summed E-state index contributed by atoms with van der Waals surface area (Å²) >= 11 is 1.60. The average Bonchev–Trinajstić information content (AvgIpc) is 2.82. The number of nitro benzene ring substituents is 1. The molecular weight excluding hydrogens is 283 g/mol. The minimum absolute atomic E-state index is 0.0274. The minimum atomic E-state index is -0.753. The minimum Gasteiger partial charge on any atom is -0.494 e. The highest BCUT2D eigenvalue weighted by Crippen LogP contribution is 2.32. The Bertz CT molecular complexity index is 643. The fraction of sp³-hybridized carbons (Fsp3) is 0.231. The lowest BCUT2D eigenvalue weighted by Crippen LogP contribution is -2.03. The van der Waals surface area contributed by atoms with Gasteiger partial charge in [0.25, 0.3) is 5.69 Å². The number of benzene rings is 1. The standard InChI is InChI=1S/C13H13FN2O3S/c1-8-3-4-9(20-8)7-15-11-6-13(19-2)10(14)5-12(11)16(17)18/h3-6,15H,7H2,1-2H3. The molecule has 20 heavy (non-hydrogen) atoms. The molecule has 2 aromatic rings. The normalized spacial score (nSPS) is 10.3. The molecule has 0 spiro atoms. The second-order valence-corrected chi connectivity index (χ2v) is 5.50. The summed E-state index contributed by atoms with van der Waals surface area (Å²) in [5.41, 5.74) is -0.0733. The number of ether oxygens (including phenoxy) is 1. The summed E-state index contributed by atoms with van der Waals surface area (Å²) in [7, 11) is 1.32. The van der Waals surface area contributed by atoms with E-state index in [1.165, 1.54) is 13.2 Å².